The predicted octanol–water partition coefficient (Wildman–Crippen LogP) is 3.55. The number of fused-ring (bicyclic) bond motifs is 1. The van der Waals surface area contributed by atoms with Crippen molar-refractivity contribution in [2.75, 3.05) is 0 Å². The van der Waals surface area contributed by atoms with Crippen LogP contribution in [0.4, 0.5) is 4.39 Å². The molecule has 0 saturated carbocycles. The molecule has 1 amide bonds. The summed E-state index contributed by atoms with van der Waals surface area (Å²) < 4.78 is 17.2. The second kappa shape index (κ2) is 6.85. The van der Waals surface area contributed by atoms with Crippen LogP contribution in [0.25, 0.3) is 11.3 Å². The Morgan fingerprint density at radius 2 is 2.04 bits per heavy atom. The number of hydrogen-bond donors (Lipinski definition) is 1. The highest BCUT2D eigenvalue weighted by molar-refractivity contribution is 6.30. The van der Waals surface area contributed by atoms with Crippen LogP contribution in [0.5, 0.6) is 0 Å². The van der Waals surface area contributed by atoms with Gasteiger partial charge in [0, 0.05) is 12.4 Å². The number of carbonyl (C=O) groups is 1. The minimum atomic E-state index is -0.404. The van der Waals surface area contributed by atoms with E-state index in [1.165, 1.54) is 16.9 Å². The fourth-order valence-electron chi connectivity index (χ4n) is 2.87. The topological polar surface area (TPSA) is 64.2 Å². The van der Waals surface area contributed by atoms with Gasteiger partial charge in [0.2, 0.25) is 0 Å². The number of carbonyl (C=O) groups excluding carboxylic acids is 1. The number of pyridine rings is 1. The molecule has 0 aliphatic carbocycles. The third-order valence-corrected chi connectivity index (χ3v) is 4.45. The standard InChI is InChI=1S/C19H15ClFN5O/c1-12-15(9-23-26(12)17-5-3-2-4-16(17)21)19(27)22-8-14-11-25-10-13(20)6-7-18(25)24-14/h2-7,9-11H,8H2,1H3,(H,22,27). The first-order chi connectivity index (χ1) is 13.0. The molecule has 136 valence electrons. The Balaban J connectivity index is 1.52. The zero-order valence-corrected chi connectivity index (χ0v) is 15.1. The van der Waals surface area contributed by atoms with Crippen molar-refractivity contribution in [2.45, 2.75) is 13.5 Å². The summed E-state index contributed by atoms with van der Waals surface area (Å²) in [6, 6.07) is 9.84. The Labute approximate surface area is 159 Å². The molecule has 1 aromatic carbocycles. The molecule has 0 unspecified atom stereocenters. The average Bonchev–Trinajstić information content (AvgIpc) is 3.23. The molecule has 1 N–H and O–H groups in total. The van der Waals surface area contributed by atoms with E-state index in [9.17, 15) is 9.18 Å². The van der Waals surface area contributed by atoms with Crippen LogP contribution in [-0.2, 0) is 6.54 Å². The highest BCUT2D eigenvalue weighted by atomic mass is 35.5. The van der Waals surface area contributed by atoms with E-state index in [0.717, 1.165) is 5.65 Å². The fraction of sp³-hybridized carbons (Fsp3) is 0.105. The molecule has 27 heavy (non-hydrogen) atoms. The van der Waals surface area contributed by atoms with Gasteiger partial charge in [0.1, 0.15) is 17.2 Å². The monoisotopic (exact) mass is 383 g/mol. The summed E-state index contributed by atoms with van der Waals surface area (Å²) in [6.45, 7) is 1.98. The number of benzene rings is 1. The molecule has 6 nitrogen and oxygen atoms in total. The smallest absolute Gasteiger partial charge is 0.255 e. The molecule has 8 heteroatoms. The lowest BCUT2D eigenvalue weighted by Gasteiger charge is -2.07. The Hall–Kier alpha value is -3.19. The molecule has 4 rings (SSSR count). The third kappa shape index (κ3) is 3.29. The van der Waals surface area contributed by atoms with Gasteiger partial charge in [0.05, 0.1) is 34.7 Å². The minimum Gasteiger partial charge on any atom is -0.346 e. The summed E-state index contributed by atoms with van der Waals surface area (Å²) in [6.07, 6.45) is 4.98. The fourth-order valence-corrected chi connectivity index (χ4v) is 3.04. The van der Waals surface area contributed by atoms with E-state index in [0.29, 0.717) is 27.7 Å². The van der Waals surface area contributed by atoms with Gasteiger partial charge in [-0.3, -0.25) is 4.79 Å². The van der Waals surface area contributed by atoms with Crippen molar-refractivity contribution >= 4 is 23.2 Å². The number of imidazole rings is 1. The average molecular weight is 384 g/mol. The predicted molar refractivity (Wildman–Crippen MR) is 99.6 cm³/mol. The Morgan fingerprint density at radius 1 is 1.22 bits per heavy atom. The van der Waals surface area contributed by atoms with E-state index in [-0.39, 0.29) is 12.5 Å². The van der Waals surface area contributed by atoms with Crippen molar-refractivity contribution in [1.82, 2.24) is 24.5 Å². The van der Waals surface area contributed by atoms with Gasteiger partial charge in [-0.2, -0.15) is 5.10 Å². The molecule has 3 aromatic heterocycles. The second-order valence-corrected chi connectivity index (χ2v) is 6.47. The third-order valence-electron chi connectivity index (χ3n) is 4.23. The summed E-state index contributed by atoms with van der Waals surface area (Å²) >= 11 is 5.96. The number of rotatable bonds is 4. The Morgan fingerprint density at radius 3 is 2.85 bits per heavy atom. The van der Waals surface area contributed by atoms with Crippen molar-refractivity contribution < 1.29 is 9.18 Å². The number of amides is 1. The lowest BCUT2D eigenvalue weighted by atomic mass is 10.2. The van der Waals surface area contributed by atoms with Crippen LogP contribution in [0, 0.1) is 12.7 Å². The second-order valence-electron chi connectivity index (χ2n) is 6.03. The zero-order chi connectivity index (χ0) is 19.0. The number of nitrogens with zero attached hydrogens (tertiary/aromatic N) is 4. The van der Waals surface area contributed by atoms with Gasteiger partial charge in [0.25, 0.3) is 5.91 Å². The van der Waals surface area contributed by atoms with Crippen LogP contribution in [-0.4, -0.2) is 25.1 Å². The molecule has 4 aromatic rings. The number of aromatic nitrogens is 4. The highest BCUT2D eigenvalue weighted by Gasteiger charge is 2.17. The van der Waals surface area contributed by atoms with Crippen LogP contribution in [0.2, 0.25) is 5.02 Å². The van der Waals surface area contributed by atoms with Gasteiger partial charge in [-0.25, -0.2) is 14.1 Å². The normalized spacial score (nSPS) is 11.1. The quantitative estimate of drug-likeness (QED) is 0.586. The van der Waals surface area contributed by atoms with Crippen LogP contribution in [0.3, 0.4) is 0 Å². The maximum absolute atomic E-state index is 14.0. The Bertz CT molecular complexity index is 1150. The van der Waals surface area contributed by atoms with Crippen molar-refractivity contribution in [3.8, 4) is 5.69 Å². The molecular formula is C19H15ClFN5O. The van der Waals surface area contributed by atoms with Crippen LogP contribution in [0.15, 0.2) is 55.0 Å². The van der Waals surface area contributed by atoms with Crippen LogP contribution < -0.4 is 5.32 Å². The van der Waals surface area contributed by atoms with E-state index in [2.05, 4.69) is 15.4 Å². The van der Waals surface area contributed by atoms with Gasteiger partial charge in [-0.1, -0.05) is 23.7 Å². The molecule has 0 radical (unpaired) electrons. The summed E-state index contributed by atoms with van der Waals surface area (Å²) in [5.41, 5.74) is 2.67. The van der Waals surface area contributed by atoms with Crippen LogP contribution in [0.1, 0.15) is 21.7 Å². The first-order valence-electron chi connectivity index (χ1n) is 8.24. The highest BCUT2D eigenvalue weighted by Crippen LogP contribution is 2.17. The van der Waals surface area contributed by atoms with Crippen molar-refractivity contribution in [3.63, 3.8) is 0 Å². The molecule has 0 saturated heterocycles. The number of hydrogen-bond acceptors (Lipinski definition) is 3. The largest absolute Gasteiger partial charge is 0.346 e. The molecule has 0 aliphatic rings. The number of halogens is 2. The molecule has 0 atom stereocenters. The van der Waals surface area contributed by atoms with E-state index in [1.807, 2.05) is 0 Å². The molecular weight excluding hydrogens is 369 g/mol. The van der Waals surface area contributed by atoms with Crippen molar-refractivity contribution in [2.24, 2.45) is 0 Å². The molecule has 0 bridgehead atoms. The van der Waals surface area contributed by atoms with Gasteiger partial charge in [0.15, 0.2) is 0 Å². The van der Waals surface area contributed by atoms with Crippen molar-refractivity contribution in [1.29, 1.82) is 0 Å². The molecule has 0 aliphatic heterocycles. The van der Waals surface area contributed by atoms with Gasteiger partial charge in [-0.05, 0) is 31.2 Å². The Kier molecular flexibility index (Phi) is 4.37. The number of para-hydroxylation sites is 1. The van der Waals surface area contributed by atoms with E-state index in [4.69, 9.17) is 11.6 Å². The van der Waals surface area contributed by atoms with Gasteiger partial charge in [-0.15, -0.1) is 0 Å². The van der Waals surface area contributed by atoms with E-state index in [1.54, 1.807) is 54.0 Å². The molecule has 0 fully saturated rings. The summed E-state index contributed by atoms with van der Waals surface area (Å²) in [4.78, 5) is 16.9. The van der Waals surface area contributed by atoms with Crippen molar-refractivity contribution in [3.05, 3.63) is 82.8 Å². The zero-order valence-electron chi connectivity index (χ0n) is 14.4. The van der Waals surface area contributed by atoms with E-state index >= 15 is 0 Å². The van der Waals surface area contributed by atoms with Gasteiger partial charge >= 0.3 is 0 Å². The SMILES string of the molecule is Cc1c(C(=O)NCc2cn3cc(Cl)ccc3n2)cnn1-c1ccccc1F. The number of nitrogens with one attached hydrogen (secondary N) is 1. The maximum atomic E-state index is 14.0. The lowest BCUT2D eigenvalue weighted by Crippen LogP contribution is -2.23. The van der Waals surface area contributed by atoms with Crippen LogP contribution >= 0.6 is 11.6 Å². The minimum absolute atomic E-state index is 0.252. The first kappa shape index (κ1) is 17.2. The van der Waals surface area contributed by atoms with Gasteiger partial charge < -0.3 is 9.72 Å². The summed E-state index contributed by atoms with van der Waals surface area (Å²) in [7, 11) is 0. The first-order valence-corrected chi connectivity index (χ1v) is 8.61. The lowest BCUT2D eigenvalue weighted by molar-refractivity contribution is 0.0950. The summed E-state index contributed by atoms with van der Waals surface area (Å²) in [5.74, 6) is -0.704. The summed E-state index contributed by atoms with van der Waals surface area (Å²) in [5, 5.41) is 7.57. The molecule has 3 heterocycles. The molecule has 0 spiro atoms. The van der Waals surface area contributed by atoms with E-state index < -0.39 is 5.82 Å². The maximum Gasteiger partial charge on any atom is 0.255 e.